The minimum Gasteiger partial charge on any atom is -0.394 e. The SMILES string of the molecule is CCN(C(C)=O)C1CCN(CCC(C)(C(=O)NC(CO)c2ccc(F)cc2)c2ccc(Cl)c(Cl)c2)CC1. The van der Waals surface area contributed by atoms with Crippen molar-refractivity contribution in [2.75, 3.05) is 32.8 Å². The van der Waals surface area contributed by atoms with Crippen molar-refractivity contribution in [2.45, 2.75) is 57.5 Å². The normalized spacial score (nSPS) is 17.2. The van der Waals surface area contributed by atoms with E-state index in [1.165, 1.54) is 12.1 Å². The molecule has 37 heavy (non-hydrogen) atoms. The van der Waals surface area contributed by atoms with Crippen LogP contribution < -0.4 is 5.32 Å². The van der Waals surface area contributed by atoms with Crippen molar-refractivity contribution >= 4 is 35.0 Å². The van der Waals surface area contributed by atoms with Crippen molar-refractivity contribution in [1.29, 1.82) is 0 Å². The monoisotopic (exact) mass is 551 g/mol. The Kier molecular flexibility index (Phi) is 10.4. The van der Waals surface area contributed by atoms with E-state index in [1.807, 2.05) is 18.7 Å². The van der Waals surface area contributed by atoms with Crippen molar-refractivity contribution in [1.82, 2.24) is 15.1 Å². The largest absolute Gasteiger partial charge is 0.394 e. The predicted molar refractivity (Wildman–Crippen MR) is 145 cm³/mol. The highest BCUT2D eigenvalue weighted by molar-refractivity contribution is 6.42. The van der Waals surface area contributed by atoms with Crippen LogP contribution in [0.2, 0.25) is 10.0 Å². The molecule has 1 aliphatic rings. The van der Waals surface area contributed by atoms with E-state index in [2.05, 4.69) is 10.2 Å². The quantitative estimate of drug-likeness (QED) is 0.437. The lowest BCUT2D eigenvalue weighted by molar-refractivity contribution is -0.132. The average molecular weight is 553 g/mol. The summed E-state index contributed by atoms with van der Waals surface area (Å²) in [6.45, 7) is 8.20. The van der Waals surface area contributed by atoms with Gasteiger partial charge in [0.05, 0.1) is 28.1 Å². The van der Waals surface area contributed by atoms with Gasteiger partial charge in [-0.05, 0) is 75.0 Å². The maximum atomic E-state index is 13.8. The molecule has 6 nitrogen and oxygen atoms in total. The lowest BCUT2D eigenvalue weighted by Gasteiger charge is -2.39. The lowest BCUT2D eigenvalue weighted by atomic mass is 9.78. The summed E-state index contributed by atoms with van der Waals surface area (Å²) < 4.78 is 13.4. The van der Waals surface area contributed by atoms with Crippen molar-refractivity contribution in [3.63, 3.8) is 0 Å². The van der Waals surface area contributed by atoms with E-state index < -0.39 is 11.5 Å². The number of likely N-dealkylation sites (tertiary alicyclic amines) is 1. The van der Waals surface area contributed by atoms with Crippen LogP contribution in [-0.4, -0.2) is 65.5 Å². The van der Waals surface area contributed by atoms with Crippen LogP contribution in [0.15, 0.2) is 42.5 Å². The molecule has 1 heterocycles. The molecule has 1 aliphatic heterocycles. The molecule has 2 aromatic rings. The molecule has 1 fully saturated rings. The molecule has 0 bridgehead atoms. The van der Waals surface area contributed by atoms with Gasteiger partial charge in [0.2, 0.25) is 11.8 Å². The molecule has 202 valence electrons. The van der Waals surface area contributed by atoms with Crippen molar-refractivity contribution in [3.8, 4) is 0 Å². The molecule has 2 aromatic carbocycles. The van der Waals surface area contributed by atoms with E-state index >= 15 is 0 Å². The number of piperidine rings is 1. The fourth-order valence-corrected chi connectivity index (χ4v) is 5.35. The number of hydrogen-bond donors (Lipinski definition) is 2. The third-order valence-corrected chi connectivity index (χ3v) is 8.23. The van der Waals surface area contributed by atoms with Crippen molar-refractivity contribution < 1.29 is 19.1 Å². The van der Waals surface area contributed by atoms with Crippen LogP contribution in [0.5, 0.6) is 0 Å². The zero-order chi connectivity index (χ0) is 27.2. The highest BCUT2D eigenvalue weighted by atomic mass is 35.5. The van der Waals surface area contributed by atoms with E-state index in [0.717, 1.165) is 31.5 Å². The fourth-order valence-electron chi connectivity index (χ4n) is 5.05. The molecule has 0 aliphatic carbocycles. The van der Waals surface area contributed by atoms with Gasteiger partial charge in [-0.2, -0.15) is 0 Å². The van der Waals surface area contributed by atoms with E-state index in [4.69, 9.17) is 23.2 Å². The third-order valence-electron chi connectivity index (χ3n) is 7.49. The number of rotatable bonds is 10. The predicted octanol–water partition coefficient (Wildman–Crippen LogP) is 4.96. The number of hydrogen-bond acceptors (Lipinski definition) is 4. The summed E-state index contributed by atoms with van der Waals surface area (Å²) in [4.78, 5) is 29.9. The second-order valence-electron chi connectivity index (χ2n) is 9.85. The Morgan fingerprint density at radius 1 is 1.16 bits per heavy atom. The summed E-state index contributed by atoms with van der Waals surface area (Å²) in [5.74, 6) is -0.552. The Labute approximate surface area is 228 Å². The molecule has 1 saturated heterocycles. The lowest BCUT2D eigenvalue weighted by Crippen LogP contribution is -2.49. The van der Waals surface area contributed by atoms with Gasteiger partial charge < -0.3 is 20.2 Å². The molecule has 9 heteroatoms. The van der Waals surface area contributed by atoms with Gasteiger partial charge in [-0.3, -0.25) is 9.59 Å². The molecule has 0 radical (unpaired) electrons. The minimum absolute atomic E-state index is 0.101. The Bertz CT molecular complexity index is 1080. The van der Waals surface area contributed by atoms with Gasteiger partial charge in [-0.15, -0.1) is 0 Å². The number of carbonyl (C=O) groups excluding carboxylic acids is 2. The maximum absolute atomic E-state index is 13.8. The van der Waals surface area contributed by atoms with Gasteiger partial charge in [0, 0.05) is 32.6 Å². The fraction of sp³-hybridized carbons (Fsp3) is 0.500. The minimum atomic E-state index is -0.965. The van der Waals surface area contributed by atoms with Crippen LogP contribution in [0, 0.1) is 5.82 Å². The molecule has 3 rings (SSSR count). The number of halogens is 3. The van der Waals surface area contributed by atoms with Gasteiger partial charge >= 0.3 is 0 Å². The number of nitrogens with zero attached hydrogens (tertiary/aromatic N) is 2. The molecular weight excluding hydrogens is 516 g/mol. The number of carbonyl (C=O) groups is 2. The highest BCUT2D eigenvalue weighted by Gasteiger charge is 2.37. The summed E-state index contributed by atoms with van der Waals surface area (Å²) in [5.41, 5.74) is 0.369. The first kappa shape index (κ1) is 29.4. The highest BCUT2D eigenvalue weighted by Crippen LogP contribution is 2.34. The summed E-state index contributed by atoms with van der Waals surface area (Å²) in [5, 5.41) is 13.7. The van der Waals surface area contributed by atoms with Gasteiger partial charge in [0.15, 0.2) is 0 Å². The van der Waals surface area contributed by atoms with Crippen LogP contribution in [0.4, 0.5) is 4.39 Å². The number of aliphatic hydroxyl groups is 1. The number of benzene rings is 2. The Hall–Kier alpha value is -2.19. The van der Waals surface area contributed by atoms with Gasteiger partial charge in [0.25, 0.3) is 0 Å². The topological polar surface area (TPSA) is 72.9 Å². The zero-order valence-corrected chi connectivity index (χ0v) is 23.2. The second kappa shape index (κ2) is 13.1. The molecule has 0 saturated carbocycles. The second-order valence-corrected chi connectivity index (χ2v) is 10.7. The first-order valence-corrected chi connectivity index (χ1v) is 13.5. The number of amides is 2. The summed E-state index contributed by atoms with van der Waals surface area (Å²) in [7, 11) is 0. The Morgan fingerprint density at radius 2 is 1.81 bits per heavy atom. The number of aliphatic hydroxyl groups excluding tert-OH is 1. The van der Waals surface area contributed by atoms with Crippen LogP contribution in [0.3, 0.4) is 0 Å². The molecule has 2 N–H and O–H groups in total. The Morgan fingerprint density at radius 3 is 2.35 bits per heavy atom. The van der Waals surface area contributed by atoms with Crippen molar-refractivity contribution in [2.24, 2.45) is 0 Å². The van der Waals surface area contributed by atoms with Gasteiger partial charge in [-0.1, -0.05) is 41.4 Å². The average Bonchev–Trinajstić information content (AvgIpc) is 2.88. The smallest absolute Gasteiger partial charge is 0.230 e. The van der Waals surface area contributed by atoms with Crippen LogP contribution in [0.1, 0.15) is 57.2 Å². The molecule has 2 atom stereocenters. The molecule has 0 aromatic heterocycles. The van der Waals surface area contributed by atoms with E-state index in [1.54, 1.807) is 37.3 Å². The molecule has 2 unspecified atom stereocenters. The molecular formula is C28H36Cl2FN3O3. The molecule has 0 spiro atoms. The Balaban J connectivity index is 1.77. The maximum Gasteiger partial charge on any atom is 0.230 e. The summed E-state index contributed by atoms with van der Waals surface area (Å²) >= 11 is 12.5. The van der Waals surface area contributed by atoms with E-state index in [-0.39, 0.29) is 30.3 Å². The van der Waals surface area contributed by atoms with Crippen LogP contribution in [-0.2, 0) is 15.0 Å². The number of nitrogens with one attached hydrogen (secondary N) is 1. The van der Waals surface area contributed by atoms with E-state index in [9.17, 15) is 19.1 Å². The molecule has 2 amide bonds. The summed E-state index contributed by atoms with van der Waals surface area (Å²) in [6.07, 6.45) is 2.29. The summed E-state index contributed by atoms with van der Waals surface area (Å²) in [6, 6.07) is 10.5. The third kappa shape index (κ3) is 7.23. The van der Waals surface area contributed by atoms with Crippen LogP contribution >= 0.6 is 23.2 Å². The first-order chi connectivity index (χ1) is 17.6. The van der Waals surface area contributed by atoms with Crippen molar-refractivity contribution in [3.05, 3.63) is 69.5 Å². The zero-order valence-electron chi connectivity index (χ0n) is 21.6. The van der Waals surface area contributed by atoms with Crippen LogP contribution in [0.25, 0.3) is 0 Å². The first-order valence-electron chi connectivity index (χ1n) is 12.7. The standard InChI is InChI=1S/C28H36Cl2FN3O3/c1-4-34(19(2)36)23-11-14-33(15-12-23)16-13-28(3,21-7-10-24(29)25(30)17-21)27(37)32-26(18-35)20-5-8-22(31)9-6-20/h5-10,17,23,26,35H,4,11-16,18H2,1-3H3,(H,32,37). The van der Waals surface area contributed by atoms with Gasteiger partial charge in [-0.25, -0.2) is 4.39 Å². The van der Waals surface area contributed by atoms with E-state index in [0.29, 0.717) is 35.1 Å². The van der Waals surface area contributed by atoms with Gasteiger partial charge in [0.1, 0.15) is 5.82 Å².